The summed E-state index contributed by atoms with van der Waals surface area (Å²) in [5.41, 5.74) is 0.555. The molecular formula is C17H24FNO2. The van der Waals surface area contributed by atoms with Crippen LogP contribution in [-0.4, -0.2) is 23.7 Å². The summed E-state index contributed by atoms with van der Waals surface area (Å²) in [5, 5.41) is 8.93. The van der Waals surface area contributed by atoms with Gasteiger partial charge in [0.05, 0.1) is 5.56 Å². The fraction of sp³-hybridized carbons (Fsp3) is 0.588. The number of carboxylic acid groups (broad SMARTS) is 1. The lowest BCUT2D eigenvalue weighted by molar-refractivity contribution is 0.0692. The Morgan fingerprint density at radius 1 is 1.38 bits per heavy atom. The highest BCUT2D eigenvalue weighted by Crippen LogP contribution is 2.30. The SMILES string of the molecule is CC(C)CCN(c1ccc(C(=O)O)c(F)c1)C1CCCC1. The van der Waals surface area contributed by atoms with E-state index in [0.717, 1.165) is 31.5 Å². The molecule has 0 aliphatic heterocycles. The van der Waals surface area contributed by atoms with E-state index in [4.69, 9.17) is 5.11 Å². The molecule has 1 aromatic carbocycles. The van der Waals surface area contributed by atoms with Crippen LogP contribution in [0.15, 0.2) is 18.2 Å². The van der Waals surface area contributed by atoms with Crippen molar-refractivity contribution in [1.29, 1.82) is 0 Å². The summed E-state index contributed by atoms with van der Waals surface area (Å²) in [6.45, 7) is 5.26. The Kier molecular flexibility index (Phi) is 5.21. The molecule has 0 unspecified atom stereocenters. The first-order valence-corrected chi connectivity index (χ1v) is 7.78. The molecule has 1 aromatic rings. The number of hydrogen-bond acceptors (Lipinski definition) is 2. The summed E-state index contributed by atoms with van der Waals surface area (Å²) < 4.78 is 13.9. The van der Waals surface area contributed by atoms with Crippen molar-refractivity contribution in [1.82, 2.24) is 0 Å². The van der Waals surface area contributed by atoms with Crippen molar-refractivity contribution in [2.24, 2.45) is 5.92 Å². The lowest BCUT2D eigenvalue weighted by atomic mass is 10.1. The molecule has 0 amide bonds. The van der Waals surface area contributed by atoms with Crippen LogP contribution in [0.3, 0.4) is 0 Å². The maximum atomic E-state index is 13.9. The van der Waals surface area contributed by atoms with Gasteiger partial charge in [0.1, 0.15) is 5.82 Å². The Labute approximate surface area is 125 Å². The summed E-state index contributed by atoms with van der Waals surface area (Å²) in [4.78, 5) is 13.2. The second kappa shape index (κ2) is 6.92. The molecule has 2 rings (SSSR count). The van der Waals surface area contributed by atoms with Crippen molar-refractivity contribution < 1.29 is 14.3 Å². The van der Waals surface area contributed by atoms with Crippen LogP contribution < -0.4 is 4.90 Å². The Bertz CT molecular complexity index is 496. The third-order valence-electron chi connectivity index (χ3n) is 4.23. The van der Waals surface area contributed by atoms with E-state index in [1.807, 2.05) is 0 Å². The van der Waals surface area contributed by atoms with Gasteiger partial charge >= 0.3 is 5.97 Å². The minimum absolute atomic E-state index is 0.256. The van der Waals surface area contributed by atoms with Crippen molar-refractivity contribution in [2.75, 3.05) is 11.4 Å². The smallest absolute Gasteiger partial charge is 0.338 e. The first kappa shape index (κ1) is 15.8. The monoisotopic (exact) mass is 293 g/mol. The van der Waals surface area contributed by atoms with Crippen molar-refractivity contribution in [3.05, 3.63) is 29.6 Å². The summed E-state index contributed by atoms with van der Waals surface area (Å²) in [5.74, 6) is -1.27. The van der Waals surface area contributed by atoms with Crippen LogP contribution in [0.4, 0.5) is 10.1 Å². The predicted octanol–water partition coefficient (Wildman–Crippen LogP) is 4.32. The molecule has 21 heavy (non-hydrogen) atoms. The molecule has 0 aromatic heterocycles. The number of anilines is 1. The molecule has 1 aliphatic carbocycles. The highest BCUT2D eigenvalue weighted by Gasteiger charge is 2.24. The fourth-order valence-corrected chi connectivity index (χ4v) is 2.99. The minimum atomic E-state index is -1.21. The zero-order chi connectivity index (χ0) is 15.4. The molecule has 116 valence electrons. The molecule has 0 heterocycles. The van der Waals surface area contributed by atoms with Gasteiger partial charge in [0.15, 0.2) is 0 Å². The largest absolute Gasteiger partial charge is 0.478 e. The molecule has 3 nitrogen and oxygen atoms in total. The van der Waals surface area contributed by atoms with E-state index in [2.05, 4.69) is 18.7 Å². The van der Waals surface area contributed by atoms with Gasteiger partial charge in [-0.3, -0.25) is 0 Å². The molecule has 0 bridgehead atoms. The second-order valence-corrected chi connectivity index (χ2v) is 6.28. The van der Waals surface area contributed by atoms with E-state index < -0.39 is 11.8 Å². The standard InChI is InChI=1S/C17H24FNO2/c1-12(2)9-10-19(13-5-3-4-6-13)14-7-8-15(17(20)21)16(18)11-14/h7-8,11-13H,3-6,9-10H2,1-2H3,(H,20,21). The molecule has 1 fully saturated rings. The lowest BCUT2D eigenvalue weighted by Gasteiger charge is -2.32. The van der Waals surface area contributed by atoms with Gasteiger partial charge < -0.3 is 10.0 Å². The number of carbonyl (C=O) groups is 1. The fourth-order valence-electron chi connectivity index (χ4n) is 2.99. The highest BCUT2D eigenvalue weighted by atomic mass is 19.1. The van der Waals surface area contributed by atoms with Crippen LogP contribution in [0.1, 0.15) is 56.3 Å². The zero-order valence-corrected chi connectivity index (χ0v) is 12.8. The highest BCUT2D eigenvalue weighted by molar-refractivity contribution is 5.88. The van der Waals surface area contributed by atoms with E-state index in [1.54, 1.807) is 6.07 Å². The second-order valence-electron chi connectivity index (χ2n) is 6.28. The third kappa shape index (κ3) is 3.96. The van der Waals surface area contributed by atoms with E-state index in [9.17, 15) is 9.18 Å². The average Bonchev–Trinajstić information content (AvgIpc) is 2.92. The van der Waals surface area contributed by atoms with E-state index in [-0.39, 0.29) is 5.56 Å². The van der Waals surface area contributed by atoms with Crippen LogP contribution >= 0.6 is 0 Å². The van der Waals surface area contributed by atoms with Gasteiger partial charge in [-0.1, -0.05) is 26.7 Å². The van der Waals surface area contributed by atoms with Crippen molar-refractivity contribution in [3.63, 3.8) is 0 Å². The Morgan fingerprint density at radius 3 is 2.57 bits per heavy atom. The number of carboxylic acids is 1. The topological polar surface area (TPSA) is 40.5 Å². The van der Waals surface area contributed by atoms with E-state index in [1.165, 1.54) is 25.0 Å². The summed E-state index contributed by atoms with van der Waals surface area (Å²) in [6.07, 6.45) is 5.77. The van der Waals surface area contributed by atoms with Crippen molar-refractivity contribution in [2.45, 2.75) is 52.0 Å². The van der Waals surface area contributed by atoms with Gasteiger partial charge in [-0.05, 0) is 43.4 Å². The quantitative estimate of drug-likeness (QED) is 0.849. The van der Waals surface area contributed by atoms with Crippen LogP contribution in [0, 0.1) is 11.7 Å². The zero-order valence-electron chi connectivity index (χ0n) is 12.8. The maximum Gasteiger partial charge on any atom is 0.338 e. The average molecular weight is 293 g/mol. The molecule has 0 spiro atoms. The molecule has 0 saturated heterocycles. The maximum absolute atomic E-state index is 13.9. The van der Waals surface area contributed by atoms with Gasteiger partial charge in [0.25, 0.3) is 0 Å². The van der Waals surface area contributed by atoms with Crippen LogP contribution in [0.2, 0.25) is 0 Å². The van der Waals surface area contributed by atoms with Gasteiger partial charge in [0, 0.05) is 18.3 Å². The minimum Gasteiger partial charge on any atom is -0.478 e. The Balaban J connectivity index is 2.22. The van der Waals surface area contributed by atoms with E-state index >= 15 is 0 Å². The van der Waals surface area contributed by atoms with Crippen LogP contribution in [-0.2, 0) is 0 Å². The van der Waals surface area contributed by atoms with Gasteiger partial charge in [-0.2, -0.15) is 0 Å². The summed E-state index contributed by atoms with van der Waals surface area (Å²) in [7, 11) is 0. The van der Waals surface area contributed by atoms with Gasteiger partial charge in [-0.15, -0.1) is 0 Å². The molecule has 1 aliphatic rings. The molecular weight excluding hydrogens is 269 g/mol. The normalized spacial score (nSPS) is 15.6. The van der Waals surface area contributed by atoms with Crippen molar-refractivity contribution >= 4 is 11.7 Å². The van der Waals surface area contributed by atoms with Gasteiger partial charge in [0.2, 0.25) is 0 Å². The van der Waals surface area contributed by atoms with Crippen LogP contribution in [0.5, 0.6) is 0 Å². The first-order chi connectivity index (χ1) is 9.99. The Morgan fingerprint density at radius 2 is 2.05 bits per heavy atom. The number of benzene rings is 1. The Hall–Kier alpha value is -1.58. The molecule has 1 N–H and O–H groups in total. The molecule has 4 heteroatoms. The predicted molar refractivity (Wildman–Crippen MR) is 82.4 cm³/mol. The van der Waals surface area contributed by atoms with Gasteiger partial charge in [-0.25, -0.2) is 9.18 Å². The molecule has 0 radical (unpaired) electrons. The number of rotatable bonds is 6. The number of halogens is 1. The number of aromatic carboxylic acids is 1. The molecule has 1 saturated carbocycles. The number of hydrogen-bond donors (Lipinski definition) is 1. The number of nitrogens with zero attached hydrogens (tertiary/aromatic N) is 1. The van der Waals surface area contributed by atoms with E-state index in [0.29, 0.717) is 12.0 Å². The van der Waals surface area contributed by atoms with Crippen LogP contribution in [0.25, 0.3) is 0 Å². The third-order valence-corrected chi connectivity index (χ3v) is 4.23. The summed E-state index contributed by atoms with van der Waals surface area (Å²) >= 11 is 0. The lowest BCUT2D eigenvalue weighted by Crippen LogP contribution is -2.34. The summed E-state index contributed by atoms with van der Waals surface area (Å²) in [6, 6.07) is 4.95. The van der Waals surface area contributed by atoms with Crippen molar-refractivity contribution in [3.8, 4) is 0 Å². The first-order valence-electron chi connectivity index (χ1n) is 7.78. The molecule has 0 atom stereocenters.